The third-order valence-electron chi connectivity index (χ3n) is 4.76. The second-order valence-corrected chi connectivity index (χ2v) is 6.44. The van der Waals surface area contributed by atoms with Crippen molar-refractivity contribution in [3.63, 3.8) is 0 Å². The Morgan fingerprint density at radius 3 is 2.40 bits per heavy atom. The summed E-state index contributed by atoms with van der Waals surface area (Å²) in [7, 11) is 4.11. The molecule has 1 fully saturated rings. The van der Waals surface area contributed by atoms with Crippen LogP contribution in [-0.2, 0) is 4.74 Å². The number of nitrogens with one attached hydrogen (secondary N) is 1. The van der Waals surface area contributed by atoms with E-state index < -0.39 is 0 Å². The number of carbonyl (C=O) groups is 1. The minimum atomic E-state index is -0.100. The highest BCUT2D eigenvalue weighted by Gasteiger charge is 2.35. The fourth-order valence-corrected chi connectivity index (χ4v) is 3.07. The molecule has 1 aliphatic rings. The maximum absolute atomic E-state index is 12.6. The van der Waals surface area contributed by atoms with Gasteiger partial charge in [0.25, 0.3) is 5.91 Å². The third kappa shape index (κ3) is 4.86. The van der Waals surface area contributed by atoms with Gasteiger partial charge in [0.05, 0.1) is 13.2 Å². The molecule has 1 aromatic carbocycles. The monoisotopic (exact) mass is 350 g/mol. The van der Waals surface area contributed by atoms with Crippen molar-refractivity contribution >= 4 is 5.91 Å². The van der Waals surface area contributed by atoms with Gasteiger partial charge < -0.3 is 24.4 Å². The van der Waals surface area contributed by atoms with E-state index in [9.17, 15) is 4.79 Å². The highest BCUT2D eigenvalue weighted by molar-refractivity contribution is 5.94. The lowest BCUT2D eigenvalue weighted by Gasteiger charge is -2.42. The van der Waals surface area contributed by atoms with E-state index in [1.165, 1.54) is 0 Å². The Morgan fingerprint density at radius 2 is 1.80 bits per heavy atom. The molecule has 1 amide bonds. The Balaban J connectivity index is 2.08. The van der Waals surface area contributed by atoms with Gasteiger partial charge in [0.2, 0.25) is 0 Å². The fraction of sp³-hybridized carbons (Fsp3) is 0.632. The number of rotatable bonds is 8. The molecule has 0 aliphatic carbocycles. The van der Waals surface area contributed by atoms with Crippen molar-refractivity contribution < 1.29 is 19.0 Å². The van der Waals surface area contributed by atoms with Crippen molar-refractivity contribution in [2.24, 2.45) is 0 Å². The molecule has 1 aromatic rings. The smallest absolute Gasteiger partial charge is 0.251 e. The molecule has 1 aliphatic heterocycles. The molecular weight excluding hydrogens is 320 g/mol. The summed E-state index contributed by atoms with van der Waals surface area (Å²) in [4.78, 5) is 14.8. The lowest BCUT2D eigenvalue weighted by atomic mass is 9.88. The number of amides is 1. The van der Waals surface area contributed by atoms with Crippen molar-refractivity contribution in [3.8, 4) is 11.5 Å². The fourth-order valence-electron chi connectivity index (χ4n) is 3.07. The second-order valence-electron chi connectivity index (χ2n) is 6.44. The largest absolute Gasteiger partial charge is 0.490 e. The van der Waals surface area contributed by atoms with Crippen LogP contribution in [0.1, 0.15) is 37.0 Å². The van der Waals surface area contributed by atoms with Crippen molar-refractivity contribution in [1.29, 1.82) is 0 Å². The average Bonchev–Trinajstić information content (AvgIpc) is 2.62. The number of carbonyl (C=O) groups excluding carboxylic acids is 1. The number of hydrogen-bond acceptors (Lipinski definition) is 5. The van der Waals surface area contributed by atoms with Gasteiger partial charge in [-0.3, -0.25) is 4.79 Å². The van der Waals surface area contributed by atoms with Crippen LogP contribution in [0.15, 0.2) is 18.2 Å². The number of likely N-dealkylation sites (N-methyl/N-ethyl adjacent to an activating group) is 1. The van der Waals surface area contributed by atoms with Gasteiger partial charge >= 0.3 is 0 Å². The Labute approximate surface area is 150 Å². The summed E-state index contributed by atoms with van der Waals surface area (Å²) < 4.78 is 16.6. The summed E-state index contributed by atoms with van der Waals surface area (Å²) in [5, 5.41) is 3.08. The molecule has 0 saturated carbocycles. The molecule has 0 aromatic heterocycles. The van der Waals surface area contributed by atoms with Crippen molar-refractivity contribution in [1.82, 2.24) is 10.2 Å². The predicted molar refractivity (Wildman–Crippen MR) is 97.6 cm³/mol. The van der Waals surface area contributed by atoms with E-state index in [0.717, 1.165) is 26.1 Å². The molecule has 0 atom stereocenters. The van der Waals surface area contributed by atoms with Crippen LogP contribution in [0, 0.1) is 0 Å². The first-order valence-electron chi connectivity index (χ1n) is 8.95. The van der Waals surface area contributed by atoms with Crippen molar-refractivity contribution in [3.05, 3.63) is 23.8 Å². The van der Waals surface area contributed by atoms with Crippen molar-refractivity contribution in [2.45, 2.75) is 32.2 Å². The van der Waals surface area contributed by atoms with Gasteiger partial charge in [-0.1, -0.05) is 0 Å². The summed E-state index contributed by atoms with van der Waals surface area (Å²) in [6.45, 7) is 6.96. The van der Waals surface area contributed by atoms with Gasteiger partial charge in [-0.05, 0) is 59.0 Å². The third-order valence-corrected chi connectivity index (χ3v) is 4.76. The predicted octanol–water partition coefficient (Wildman–Crippen LogP) is 2.32. The Hall–Kier alpha value is -1.79. The molecule has 6 nitrogen and oxygen atoms in total. The Bertz CT molecular complexity index is 569. The zero-order valence-electron chi connectivity index (χ0n) is 15.8. The molecule has 0 bridgehead atoms. The van der Waals surface area contributed by atoms with Gasteiger partial charge in [-0.15, -0.1) is 0 Å². The van der Waals surface area contributed by atoms with E-state index in [-0.39, 0.29) is 11.4 Å². The minimum absolute atomic E-state index is 0.0536. The van der Waals surface area contributed by atoms with E-state index in [0.29, 0.717) is 36.8 Å². The molecule has 1 heterocycles. The van der Waals surface area contributed by atoms with Gasteiger partial charge in [-0.25, -0.2) is 0 Å². The molecule has 1 N–H and O–H groups in total. The van der Waals surface area contributed by atoms with Crippen LogP contribution < -0.4 is 14.8 Å². The maximum atomic E-state index is 12.6. The quantitative estimate of drug-likeness (QED) is 0.780. The number of ether oxygens (including phenoxy) is 3. The maximum Gasteiger partial charge on any atom is 0.251 e. The molecule has 2 rings (SSSR count). The van der Waals surface area contributed by atoms with E-state index in [1.54, 1.807) is 18.2 Å². The van der Waals surface area contributed by atoms with Gasteiger partial charge in [0.15, 0.2) is 11.5 Å². The number of benzene rings is 1. The molecule has 0 spiro atoms. The molecule has 1 saturated heterocycles. The molecule has 0 unspecified atom stereocenters. The van der Waals surface area contributed by atoms with E-state index in [2.05, 4.69) is 24.3 Å². The van der Waals surface area contributed by atoms with E-state index >= 15 is 0 Å². The van der Waals surface area contributed by atoms with Gasteiger partial charge in [0.1, 0.15) is 0 Å². The van der Waals surface area contributed by atoms with Gasteiger partial charge in [-0.2, -0.15) is 0 Å². The average molecular weight is 350 g/mol. The first-order valence-corrected chi connectivity index (χ1v) is 8.95. The SMILES string of the molecule is CCOc1ccc(C(=O)NCC2(N(C)C)CCOCC2)cc1OCC. The minimum Gasteiger partial charge on any atom is -0.490 e. The van der Waals surface area contributed by atoms with Gasteiger partial charge in [0, 0.05) is 30.9 Å². The summed E-state index contributed by atoms with van der Waals surface area (Å²) in [6, 6.07) is 5.31. The molecule has 140 valence electrons. The zero-order valence-corrected chi connectivity index (χ0v) is 15.8. The van der Waals surface area contributed by atoms with Crippen LogP contribution >= 0.6 is 0 Å². The summed E-state index contributed by atoms with van der Waals surface area (Å²) in [5.74, 6) is 1.16. The molecule has 6 heteroatoms. The zero-order chi connectivity index (χ0) is 18.3. The standard InChI is InChI=1S/C19H30N2O4/c1-5-24-16-8-7-15(13-17(16)25-6-2)18(22)20-14-19(21(3)4)9-11-23-12-10-19/h7-8,13H,5-6,9-12,14H2,1-4H3,(H,20,22). The lowest BCUT2D eigenvalue weighted by molar-refractivity contribution is -0.00658. The normalized spacial score (nSPS) is 16.5. The molecule has 0 radical (unpaired) electrons. The van der Waals surface area contributed by atoms with Crippen LogP contribution in [0.3, 0.4) is 0 Å². The lowest BCUT2D eigenvalue weighted by Crippen LogP contribution is -2.55. The first-order chi connectivity index (χ1) is 12.0. The number of nitrogens with zero attached hydrogens (tertiary/aromatic N) is 1. The molecular formula is C19H30N2O4. The number of hydrogen-bond donors (Lipinski definition) is 1. The van der Waals surface area contributed by atoms with E-state index in [4.69, 9.17) is 14.2 Å². The van der Waals surface area contributed by atoms with Crippen LogP contribution in [0.2, 0.25) is 0 Å². The second kappa shape index (κ2) is 9.06. The topological polar surface area (TPSA) is 60.0 Å². The first kappa shape index (κ1) is 19.5. The highest BCUT2D eigenvalue weighted by atomic mass is 16.5. The summed E-state index contributed by atoms with van der Waals surface area (Å²) >= 11 is 0. The highest BCUT2D eigenvalue weighted by Crippen LogP contribution is 2.29. The van der Waals surface area contributed by atoms with Crippen LogP contribution in [0.5, 0.6) is 11.5 Å². The van der Waals surface area contributed by atoms with Crippen LogP contribution in [-0.4, -0.2) is 63.4 Å². The molecule has 25 heavy (non-hydrogen) atoms. The van der Waals surface area contributed by atoms with Crippen molar-refractivity contribution in [2.75, 3.05) is 47.1 Å². The Morgan fingerprint density at radius 1 is 1.16 bits per heavy atom. The summed E-state index contributed by atoms with van der Waals surface area (Å²) in [6.07, 6.45) is 1.82. The Kier molecular flexibility index (Phi) is 7.08. The van der Waals surface area contributed by atoms with Crippen LogP contribution in [0.4, 0.5) is 0 Å². The van der Waals surface area contributed by atoms with E-state index in [1.807, 2.05) is 13.8 Å². The van der Waals surface area contributed by atoms with Crippen LogP contribution in [0.25, 0.3) is 0 Å². The summed E-state index contributed by atoms with van der Waals surface area (Å²) in [5.41, 5.74) is 0.523.